The maximum Gasteiger partial charge on any atom is 0.161 e. The number of aryl methyl sites for hydroxylation is 1. The fraction of sp³-hybridized carbons (Fsp3) is 0.417. The van der Waals surface area contributed by atoms with Gasteiger partial charge in [-0.25, -0.2) is 0 Å². The van der Waals surface area contributed by atoms with Gasteiger partial charge in [0.05, 0.1) is 11.2 Å². The Morgan fingerprint density at radius 3 is 2.81 bits per heavy atom. The molecule has 4 heteroatoms. The van der Waals surface area contributed by atoms with Crippen LogP contribution in [0.25, 0.3) is 0 Å². The molecular weight excluding hydrogens is 284 g/mol. The van der Waals surface area contributed by atoms with Crippen LogP contribution < -0.4 is 5.32 Å². The molecule has 0 fully saturated rings. The molecule has 16 heavy (non-hydrogen) atoms. The molecule has 1 heterocycles. The van der Waals surface area contributed by atoms with Crippen molar-refractivity contribution in [2.45, 2.75) is 26.3 Å². The van der Waals surface area contributed by atoms with Gasteiger partial charge in [-0.3, -0.25) is 4.99 Å². The van der Waals surface area contributed by atoms with Gasteiger partial charge in [0.15, 0.2) is 5.17 Å². The van der Waals surface area contributed by atoms with E-state index in [4.69, 9.17) is 0 Å². The number of benzene rings is 1. The standard InChI is InChI=1S/C12H15BrN2S/c1-8-4-5-9(13)10(6-8)14-11-15-12(2,3)7-16-11/h4-6H,7H2,1-3H3,(H,14,15). The molecule has 2 nitrogen and oxygen atoms in total. The van der Waals surface area contributed by atoms with Gasteiger partial charge in [-0.2, -0.15) is 0 Å². The average Bonchev–Trinajstić information content (AvgIpc) is 2.52. The first-order valence-corrected chi connectivity index (χ1v) is 7.00. The van der Waals surface area contributed by atoms with Crippen molar-refractivity contribution in [1.29, 1.82) is 0 Å². The molecular formula is C12H15BrN2S. The van der Waals surface area contributed by atoms with Crippen LogP contribution in [0, 0.1) is 6.92 Å². The number of hydrogen-bond donors (Lipinski definition) is 1. The predicted molar refractivity (Wildman–Crippen MR) is 76.5 cm³/mol. The van der Waals surface area contributed by atoms with Gasteiger partial charge in [-0.15, -0.1) is 0 Å². The molecule has 1 N–H and O–H groups in total. The number of amidine groups is 1. The average molecular weight is 299 g/mol. The molecule has 0 unspecified atom stereocenters. The molecule has 0 amide bonds. The third kappa shape index (κ3) is 2.80. The van der Waals surface area contributed by atoms with E-state index in [0.717, 1.165) is 21.1 Å². The first-order valence-electron chi connectivity index (χ1n) is 5.22. The maximum absolute atomic E-state index is 4.63. The van der Waals surface area contributed by atoms with Gasteiger partial charge in [0.25, 0.3) is 0 Å². The minimum atomic E-state index is 0.0588. The van der Waals surface area contributed by atoms with Crippen LogP contribution in [0.5, 0.6) is 0 Å². The lowest BCUT2D eigenvalue weighted by Crippen LogP contribution is -2.15. The number of halogens is 1. The summed E-state index contributed by atoms with van der Waals surface area (Å²) in [4.78, 5) is 4.63. The molecule has 1 aliphatic heterocycles. The van der Waals surface area contributed by atoms with Gasteiger partial charge in [0, 0.05) is 10.2 Å². The molecule has 1 aromatic rings. The zero-order valence-electron chi connectivity index (χ0n) is 9.67. The summed E-state index contributed by atoms with van der Waals surface area (Å²) in [6, 6.07) is 6.27. The van der Waals surface area contributed by atoms with Gasteiger partial charge >= 0.3 is 0 Å². The Hall–Kier alpha value is -0.480. The zero-order valence-corrected chi connectivity index (χ0v) is 12.1. The van der Waals surface area contributed by atoms with E-state index in [9.17, 15) is 0 Å². The normalized spacial score (nSPS) is 18.4. The Bertz CT molecular complexity index is 441. The van der Waals surface area contributed by atoms with Crippen molar-refractivity contribution >= 4 is 38.5 Å². The molecule has 0 saturated heterocycles. The Balaban J connectivity index is 2.19. The fourth-order valence-corrected chi connectivity index (χ4v) is 2.89. The smallest absolute Gasteiger partial charge is 0.161 e. The molecule has 0 spiro atoms. The monoisotopic (exact) mass is 298 g/mol. The summed E-state index contributed by atoms with van der Waals surface area (Å²) < 4.78 is 1.08. The molecule has 2 rings (SSSR count). The number of nitrogens with one attached hydrogen (secondary N) is 1. The molecule has 0 aliphatic carbocycles. The van der Waals surface area contributed by atoms with Crippen molar-refractivity contribution in [3.8, 4) is 0 Å². The molecule has 0 bridgehead atoms. The van der Waals surface area contributed by atoms with Gasteiger partial charge in [-0.1, -0.05) is 17.8 Å². The molecule has 0 atom stereocenters. The predicted octanol–water partition coefficient (Wildman–Crippen LogP) is 4.05. The number of rotatable bonds is 1. The Morgan fingerprint density at radius 2 is 2.19 bits per heavy atom. The van der Waals surface area contributed by atoms with E-state index in [1.165, 1.54) is 5.56 Å². The van der Waals surface area contributed by atoms with E-state index in [0.29, 0.717) is 0 Å². The highest BCUT2D eigenvalue weighted by atomic mass is 79.9. The van der Waals surface area contributed by atoms with Crippen LogP contribution >= 0.6 is 27.7 Å². The van der Waals surface area contributed by atoms with Crippen molar-refractivity contribution in [3.05, 3.63) is 28.2 Å². The SMILES string of the molecule is Cc1ccc(Br)c(NC2=NC(C)(C)CS2)c1. The highest BCUT2D eigenvalue weighted by Crippen LogP contribution is 2.30. The Labute approximate surface area is 109 Å². The van der Waals surface area contributed by atoms with Crippen molar-refractivity contribution in [2.75, 3.05) is 11.1 Å². The van der Waals surface area contributed by atoms with Crippen LogP contribution in [0.4, 0.5) is 5.69 Å². The van der Waals surface area contributed by atoms with E-state index in [2.05, 4.69) is 65.2 Å². The highest BCUT2D eigenvalue weighted by molar-refractivity contribution is 9.10. The molecule has 86 valence electrons. The first-order chi connectivity index (χ1) is 7.46. The topological polar surface area (TPSA) is 24.4 Å². The van der Waals surface area contributed by atoms with Crippen molar-refractivity contribution in [2.24, 2.45) is 4.99 Å². The van der Waals surface area contributed by atoms with E-state index >= 15 is 0 Å². The second kappa shape index (κ2) is 4.41. The van der Waals surface area contributed by atoms with E-state index < -0.39 is 0 Å². The minimum Gasteiger partial charge on any atom is -0.334 e. The lowest BCUT2D eigenvalue weighted by molar-refractivity contribution is 0.605. The van der Waals surface area contributed by atoms with Crippen LogP contribution in [-0.2, 0) is 0 Å². The first kappa shape index (κ1) is 12.0. The molecule has 0 aromatic heterocycles. The number of hydrogen-bond acceptors (Lipinski definition) is 3. The van der Waals surface area contributed by atoms with Crippen molar-refractivity contribution < 1.29 is 0 Å². The Morgan fingerprint density at radius 1 is 1.44 bits per heavy atom. The minimum absolute atomic E-state index is 0.0588. The lowest BCUT2D eigenvalue weighted by Gasteiger charge is -2.10. The number of thioether (sulfide) groups is 1. The summed E-state index contributed by atoms with van der Waals surface area (Å²) >= 11 is 5.32. The number of anilines is 1. The third-order valence-electron chi connectivity index (χ3n) is 2.33. The van der Waals surface area contributed by atoms with E-state index in [1.807, 2.05) is 0 Å². The van der Waals surface area contributed by atoms with Gasteiger partial charge < -0.3 is 5.32 Å². The van der Waals surface area contributed by atoms with Crippen molar-refractivity contribution in [1.82, 2.24) is 0 Å². The highest BCUT2D eigenvalue weighted by Gasteiger charge is 2.25. The summed E-state index contributed by atoms with van der Waals surface area (Å²) in [6.07, 6.45) is 0. The van der Waals surface area contributed by atoms with Crippen LogP contribution in [0.2, 0.25) is 0 Å². The summed E-state index contributed by atoms with van der Waals surface area (Å²) in [6.45, 7) is 6.39. The largest absolute Gasteiger partial charge is 0.334 e. The summed E-state index contributed by atoms with van der Waals surface area (Å²) in [5, 5.41) is 4.38. The number of nitrogens with zero attached hydrogens (tertiary/aromatic N) is 1. The molecule has 0 saturated carbocycles. The number of aliphatic imine (C=N–C) groups is 1. The van der Waals surface area contributed by atoms with Crippen LogP contribution in [0.3, 0.4) is 0 Å². The fourth-order valence-electron chi connectivity index (χ4n) is 1.50. The summed E-state index contributed by atoms with van der Waals surface area (Å²) in [5.41, 5.74) is 2.39. The van der Waals surface area contributed by atoms with Crippen molar-refractivity contribution in [3.63, 3.8) is 0 Å². The van der Waals surface area contributed by atoms with Gasteiger partial charge in [0.1, 0.15) is 0 Å². The van der Waals surface area contributed by atoms with E-state index in [1.54, 1.807) is 11.8 Å². The molecule has 0 radical (unpaired) electrons. The Kier molecular flexibility index (Phi) is 3.31. The summed E-state index contributed by atoms with van der Waals surface area (Å²) in [7, 11) is 0. The van der Waals surface area contributed by atoms with E-state index in [-0.39, 0.29) is 5.54 Å². The second-order valence-electron chi connectivity index (χ2n) is 4.63. The third-order valence-corrected chi connectivity index (χ3v) is 4.34. The zero-order chi connectivity index (χ0) is 11.8. The second-order valence-corrected chi connectivity index (χ2v) is 6.44. The van der Waals surface area contributed by atoms with Gasteiger partial charge in [-0.05, 0) is 54.4 Å². The molecule has 1 aliphatic rings. The molecule has 1 aromatic carbocycles. The van der Waals surface area contributed by atoms with Crippen LogP contribution in [0.15, 0.2) is 27.7 Å². The quantitative estimate of drug-likeness (QED) is 0.846. The van der Waals surface area contributed by atoms with Crippen LogP contribution in [-0.4, -0.2) is 16.5 Å². The summed E-state index contributed by atoms with van der Waals surface area (Å²) in [5.74, 6) is 1.04. The van der Waals surface area contributed by atoms with Gasteiger partial charge in [0.2, 0.25) is 0 Å². The van der Waals surface area contributed by atoms with Crippen LogP contribution in [0.1, 0.15) is 19.4 Å². The lowest BCUT2D eigenvalue weighted by atomic mass is 10.1. The maximum atomic E-state index is 4.63.